The number of anilines is 1. The molecule has 0 atom stereocenters. The molecule has 1 fully saturated rings. The van der Waals surface area contributed by atoms with Crippen molar-refractivity contribution >= 4 is 21.9 Å². The number of hydrogen-bond acceptors (Lipinski definition) is 6. The highest BCUT2D eigenvalue weighted by Crippen LogP contribution is 2.30. The Labute approximate surface area is 175 Å². The number of aromatic nitrogens is 2. The Balaban J connectivity index is 1.47. The summed E-state index contributed by atoms with van der Waals surface area (Å²) in [7, 11) is -1.97. The van der Waals surface area contributed by atoms with E-state index in [2.05, 4.69) is 15.5 Å². The summed E-state index contributed by atoms with van der Waals surface area (Å²) in [6, 6.07) is 11.7. The molecule has 0 saturated heterocycles. The van der Waals surface area contributed by atoms with Crippen LogP contribution in [-0.2, 0) is 10.0 Å². The molecule has 1 heterocycles. The van der Waals surface area contributed by atoms with Gasteiger partial charge < -0.3 is 4.42 Å². The molecule has 0 bridgehead atoms. The highest BCUT2D eigenvalue weighted by Gasteiger charge is 2.35. The molecule has 0 spiro atoms. The van der Waals surface area contributed by atoms with Crippen molar-refractivity contribution < 1.29 is 17.6 Å². The smallest absolute Gasteiger partial charge is 0.322 e. The van der Waals surface area contributed by atoms with Gasteiger partial charge in [-0.15, -0.1) is 5.10 Å². The molecule has 156 valence electrons. The molecule has 0 aliphatic heterocycles. The van der Waals surface area contributed by atoms with Gasteiger partial charge in [0.1, 0.15) is 0 Å². The molecule has 4 rings (SSSR count). The van der Waals surface area contributed by atoms with Crippen molar-refractivity contribution in [3.05, 3.63) is 59.2 Å². The van der Waals surface area contributed by atoms with E-state index in [0.717, 1.165) is 29.5 Å². The second-order valence-electron chi connectivity index (χ2n) is 7.52. The molecular formula is C21H22N4O4S. The van der Waals surface area contributed by atoms with Gasteiger partial charge in [-0.25, -0.2) is 8.42 Å². The monoisotopic (exact) mass is 426 g/mol. The van der Waals surface area contributed by atoms with Crippen LogP contribution in [0.5, 0.6) is 0 Å². The third kappa shape index (κ3) is 4.12. The molecule has 1 aliphatic carbocycles. The number of rotatable bonds is 6. The van der Waals surface area contributed by atoms with Crippen molar-refractivity contribution in [1.29, 1.82) is 0 Å². The largest absolute Gasteiger partial charge is 0.403 e. The number of benzene rings is 2. The molecule has 0 unspecified atom stereocenters. The number of amides is 1. The minimum atomic E-state index is -3.55. The minimum Gasteiger partial charge on any atom is -0.403 e. The standard InChI is InChI=1S/C21H22N4O4S/c1-13-10-14(2)12-16(11-13)20-23-24-21(29-20)22-19(26)15-4-8-18(9-5-15)30(27,28)25(3)17-6-7-17/h4-5,8-12,17H,6-7H2,1-3H3,(H,22,24,26). The summed E-state index contributed by atoms with van der Waals surface area (Å²) in [5.74, 6) is -0.160. The van der Waals surface area contributed by atoms with Gasteiger partial charge in [-0.1, -0.05) is 22.3 Å². The van der Waals surface area contributed by atoms with E-state index in [4.69, 9.17) is 4.42 Å². The van der Waals surface area contributed by atoms with Crippen LogP contribution in [0.4, 0.5) is 6.01 Å². The first-order valence-electron chi connectivity index (χ1n) is 9.55. The van der Waals surface area contributed by atoms with Crippen LogP contribution in [0.15, 0.2) is 51.8 Å². The van der Waals surface area contributed by atoms with E-state index < -0.39 is 15.9 Å². The molecule has 3 aromatic rings. The number of nitrogens with zero attached hydrogens (tertiary/aromatic N) is 3. The lowest BCUT2D eigenvalue weighted by Crippen LogP contribution is -2.29. The maximum absolute atomic E-state index is 12.6. The van der Waals surface area contributed by atoms with E-state index >= 15 is 0 Å². The van der Waals surface area contributed by atoms with Crippen molar-refractivity contribution in [2.75, 3.05) is 12.4 Å². The van der Waals surface area contributed by atoms with Crippen LogP contribution >= 0.6 is 0 Å². The SMILES string of the molecule is Cc1cc(C)cc(-c2nnc(NC(=O)c3ccc(S(=O)(=O)N(C)C4CC4)cc3)o2)c1. The quantitative estimate of drug-likeness (QED) is 0.648. The van der Waals surface area contributed by atoms with Crippen LogP contribution in [0.2, 0.25) is 0 Å². The Morgan fingerprint density at radius 3 is 2.30 bits per heavy atom. The van der Waals surface area contributed by atoms with Crippen LogP contribution in [-0.4, -0.2) is 41.9 Å². The third-order valence-electron chi connectivity index (χ3n) is 4.97. The van der Waals surface area contributed by atoms with Crippen molar-refractivity contribution in [3.8, 4) is 11.5 Å². The predicted octanol–water partition coefficient (Wildman–Crippen LogP) is 3.39. The summed E-state index contributed by atoms with van der Waals surface area (Å²) in [5, 5.41) is 10.4. The maximum Gasteiger partial charge on any atom is 0.322 e. The lowest BCUT2D eigenvalue weighted by molar-refractivity contribution is 0.102. The maximum atomic E-state index is 12.6. The van der Waals surface area contributed by atoms with Crippen molar-refractivity contribution in [2.45, 2.75) is 37.6 Å². The van der Waals surface area contributed by atoms with E-state index in [1.165, 1.54) is 28.6 Å². The number of sulfonamides is 1. The molecule has 1 saturated carbocycles. The average molecular weight is 426 g/mol. The molecule has 1 N–H and O–H groups in total. The number of carbonyl (C=O) groups is 1. The van der Waals surface area contributed by atoms with Gasteiger partial charge in [-0.05, 0) is 63.1 Å². The van der Waals surface area contributed by atoms with Gasteiger partial charge in [-0.3, -0.25) is 10.1 Å². The van der Waals surface area contributed by atoms with Crippen LogP contribution < -0.4 is 5.32 Å². The Hall–Kier alpha value is -3.04. The highest BCUT2D eigenvalue weighted by atomic mass is 32.2. The van der Waals surface area contributed by atoms with E-state index in [0.29, 0.717) is 5.89 Å². The zero-order chi connectivity index (χ0) is 21.5. The summed E-state index contributed by atoms with van der Waals surface area (Å²) in [5.41, 5.74) is 3.19. The van der Waals surface area contributed by atoms with Gasteiger partial charge in [0.25, 0.3) is 5.91 Å². The molecule has 0 radical (unpaired) electrons. The summed E-state index contributed by atoms with van der Waals surface area (Å²) in [4.78, 5) is 12.6. The van der Waals surface area contributed by atoms with Crippen LogP contribution in [0, 0.1) is 13.8 Å². The normalized spacial score (nSPS) is 14.1. The van der Waals surface area contributed by atoms with Crippen molar-refractivity contribution in [2.24, 2.45) is 0 Å². The van der Waals surface area contributed by atoms with Gasteiger partial charge in [-0.2, -0.15) is 4.31 Å². The lowest BCUT2D eigenvalue weighted by atomic mass is 10.1. The van der Waals surface area contributed by atoms with Gasteiger partial charge in [0.2, 0.25) is 15.9 Å². The zero-order valence-corrected chi connectivity index (χ0v) is 17.7. The Bertz CT molecular complexity index is 1180. The number of carbonyl (C=O) groups excluding carboxylic acids is 1. The topological polar surface area (TPSA) is 105 Å². The first kappa shape index (κ1) is 20.2. The first-order chi connectivity index (χ1) is 14.2. The molecular weight excluding hydrogens is 404 g/mol. The molecule has 1 aliphatic rings. The number of nitrogens with one attached hydrogen (secondary N) is 1. The van der Waals surface area contributed by atoms with Gasteiger partial charge >= 0.3 is 6.01 Å². The van der Waals surface area contributed by atoms with Crippen LogP contribution in [0.1, 0.15) is 34.3 Å². The lowest BCUT2D eigenvalue weighted by Gasteiger charge is -2.16. The summed E-state index contributed by atoms with van der Waals surface area (Å²) in [6.45, 7) is 3.95. The van der Waals surface area contributed by atoms with Gasteiger partial charge in [0, 0.05) is 24.2 Å². The molecule has 8 nitrogen and oxygen atoms in total. The second-order valence-corrected chi connectivity index (χ2v) is 9.52. The third-order valence-corrected chi connectivity index (χ3v) is 6.89. The van der Waals surface area contributed by atoms with E-state index in [1.54, 1.807) is 7.05 Å². The first-order valence-corrected chi connectivity index (χ1v) is 11.0. The highest BCUT2D eigenvalue weighted by molar-refractivity contribution is 7.89. The molecule has 9 heteroatoms. The summed E-state index contributed by atoms with van der Waals surface area (Å²) in [6.07, 6.45) is 1.76. The molecule has 1 aromatic heterocycles. The second kappa shape index (κ2) is 7.66. The number of aryl methyl sites for hydroxylation is 2. The fourth-order valence-electron chi connectivity index (χ4n) is 3.24. The van der Waals surface area contributed by atoms with E-state index in [1.807, 2.05) is 32.0 Å². The minimum absolute atomic E-state index is 0.0284. The van der Waals surface area contributed by atoms with Gasteiger partial charge in [0.15, 0.2) is 0 Å². The van der Waals surface area contributed by atoms with E-state index in [9.17, 15) is 13.2 Å². The zero-order valence-electron chi connectivity index (χ0n) is 16.9. The molecule has 2 aromatic carbocycles. The van der Waals surface area contributed by atoms with Crippen LogP contribution in [0.25, 0.3) is 11.5 Å². The van der Waals surface area contributed by atoms with Crippen molar-refractivity contribution in [3.63, 3.8) is 0 Å². The van der Waals surface area contributed by atoms with E-state index in [-0.39, 0.29) is 22.5 Å². The Kier molecular flexibility index (Phi) is 5.17. The summed E-state index contributed by atoms with van der Waals surface area (Å²) >= 11 is 0. The molecule has 1 amide bonds. The fourth-order valence-corrected chi connectivity index (χ4v) is 4.65. The Morgan fingerprint density at radius 1 is 1.07 bits per heavy atom. The Morgan fingerprint density at radius 2 is 1.70 bits per heavy atom. The summed E-state index contributed by atoms with van der Waals surface area (Å²) < 4.78 is 32.1. The molecule has 30 heavy (non-hydrogen) atoms. The van der Waals surface area contributed by atoms with Crippen LogP contribution in [0.3, 0.4) is 0 Å². The average Bonchev–Trinajstić information content (AvgIpc) is 3.45. The predicted molar refractivity (Wildman–Crippen MR) is 112 cm³/mol. The fraction of sp³-hybridized carbons (Fsp3) is 0.286. The number of hydrogen-bond donors (Lipinski definition) is 1. The van der Waals surface area contributed by atoms with Crippen molar-refractivity contribution in [1.82, 2.24) is 14.5 Å². The van der Waals surface area contributed by atoms with Gasteiger partial charge in [0.05, 0.1) is 4.90 Å².